The molecule has 1 N–H and O–H groups in total. The van der Waals surface area contributed by atoms with E-state index in [1.165, 1.54) is 44.7 Å². The molecular weight excluding hydrogens is 276 g/mol. The Balaban J connectivity index is 1.50. The minimum Gasteiger partial charge on any atom is -0.371 e. The number of hydrogen-bond acceptors (Lipinski definition) is 5. The van der Waals surface area contributed by atoms with Gasteiger partial charge in [-0.25, -0.2) is 0 Å². The zero-order valence-corrected chi connectivity index (χ0v) is 13.8. The standard InChI is InChI=1S/C17H28N4O/c1-19-11-13-21(14-12-19)17-7-9-20(10-8-17)16-5-3-15(4-6-16)18-22-2/h3-6,17-18H,7-14H2,1-2H3. The third kappa shape index (κ3) is 3.72. The Labute approximate surface area is 133 Å². The Hall–Kier alpha value is -1.30. The summed E-state index contributed by atoms with van der Waals surface area (Å²) < 4.78 is 0. The second kappa shape index (κ2) is 7.31. The molecule has 0 saturated carbocycles. The van der Waals surface area contributed by atoms with Crippen molar-refractivity contribution >= 4 is 11.4 Å². The van der Waals surface area contributed by atoms with Gasteiger partial charge in [0.25, 0.3) is 0 Å². The third-order valence-corrected chi connectivity index (χ3v) is 4.97. The van der Waals surface area contributed by atoms with Crippen LogP contribution in [-0.2, 0) is 4.84 Å². The molecule has 0 atom stereocenters. The van der Waals surface area contributed by atoms with Crippen LogP contribution in [0.5, 0.6) is 0 Å². The lowest BCUT2D eigenvalue weighted by Gasteiger charge is -2.42. The fourth-order valence-electron chi connectivity index (χ4n) is 3.53. The molecule has 2 heterocycles. The first-order chi connectivity index (χ1) is 10.8. The summed E-state index contributed by atoms with van der Waals surface area (Å²) >= 11 is 0. The quantitative estimate of drug-likeness (QED) is 0.858. The van der Waals surface area contributed by atoms with E-state index in [9.17, 15) is 0 Å². The molecule has 3 rings (SSSR count). The van der Waals surface area contributed by atoms with Gasteiger partial charge in [-0.1, -0.05) is 0 Å². The molecule has 0 amide bonds. The van der Waals surface area contributed by atoms with E-state index in [1.807, 2.05) is 0 Å². The summed E-state index contributed by atoms with van der Waals surface area (Å²) in [6, 6.07) is 9.28. The van der Waals surface area contributed by atoms with E-state index in [0.717, 1.165) is 24.8 Å². The molecule has 2 fully saturated rings. The van der Waals surface area contributed by atoms with Crippen molar-refractivity contribution in [1.82, 2.24) is 9.80 Å². The smallest absolute Gasteiger partial charge is 0.0636 e. The highest BCUT2D eigenvalue weighted by atomic mass is 16.6. The molecule has 1 aromatic rings. The van der Waals surface area contributed by atoms with Crippen LogP contribution in [0.3, 0.4) is 0 Å². The molecule has 0 aliphatic carbocycles. The number of likely N-dealkylation sites (N-methyl/N-ethyl adjacent to an activating group) is 1. The molecule has 0 unspecified atom stereocenters. The maximum absolute atomic E-state index is 4.93. The highest BCUT2D eigenvalue weighted by Crippen LogP contribution is 2.24. The largest absolute Gasteiger partial charge is 0.371 e. The molecule has 0 bridgehead atoms. The fraction of sp³-hybridized carbons (Fsp3) is 0.647. The first-order valence-electron chi connectivity index (χ1n) is 8.33. The predicted molar refractivity (Wildman–Crippen MR) is 91.4 cm³/mol. The summed E-state index contributed by atoms with van der Waals surface area (Å²) in [5.41, 5.74) is 5.18. The first kappa shape index (κ1) is 15.6. The zero-order chi connectivity index (χ0) is 15.4. The lowest BCUT2D eigenvalue weighted by molar-refractivity contribution is 0.0982. The van der Waals surface area contributed by atoms with Gasteiger partial charge in [0.15, 0.2) is 0 Å². The van der Waals surface area contributed by atoms with Gasteiger partial charge >= 0.3 is 0 Å². The third-order valence-electron chi connectivity index (χ3n) is 4.97. The van der Waals surface area contributed by atoms with Gasteiger partial charge in [-0.05, 0) is 44.2 Å². The van der Waals surface area contributed by atoms with Crippen molar-refractivity contribution < 1.29 is 4.84 Å². The van der Waals surface area contributed by atoms with E-state index in [1.54, 1.807) is 7.11 Å². The molecule has 22 heavy (non-hydrogen) atoms. The summed E-state index contributed by atoms with van der Waals surface area (Å²) in [6.07, 6.45) is 2.56. The van der Waals surface area contributed by atoms with Gasteiger partial charge in [-0.15, -0.1) is 0 Å². The van der Waals surface area contributed by atoms with Gasteiger partial charge < -0.3 is 9.80 Å². The van der Waals surface area contributed by atoms with E-state index in [2.05, 4.69) is 51.5 Å². The van der Waals surface area contributed by atoms with Crippen molar-refractivity contribution in [3.8, 4) is 0 Å². The molecule has 2 saturated heterocycles. The molecule has 2 aliphatic rings. The van der Waals surface area contributed by atoms with Crippen LogP contribution in [0.25, 0.3) is 0 Å². The van der Waals surface area contributed by atoms with Gasteiger partial charge in [-0.3, -0.25) is 15.2 Å². The number of benzene rings is 1. The van der Waals surface area contributed by atoms with E-state index in [-0.39, 0.29) is 0 Å². The van der Waals surface area contributed by atoms with Crippen molar-refractivity contribution in [3.63, 3.8) is 0 Å². The van der Waals surface area contributed by atoms with Crippen LogP contribution in [0, 0.1) is 0 Å². The van der Waals surface area contributed by atoms with Crippen molar-refractivity contribution in [1.29, 1.82) is 0 Å². The maximum atomic E-state index is 4.93. The summed E-state index contributed by atoms with van der Waals surface area (Å²) in [4.78, 5) is 12.6. The van der Waals surface area contributed by atoms with Crippen LogP contribution in [0.2, 0.25) is 0 Å². The molecule has 5 heteroatoms. The minimum absolute atomic E-state index is 0.777. The Morgan fingerprint density at radius 3 is 2.18 bits per heavy atom. The number of hydrogen-bond donors (Lipinski definition) is 1. The van der Waals surface area contributed by atoms with E-state index in [4.69, 9.17) is 4.84 Å². The van der Waals surface area contributed by atoms with E-state index >= 15 is 0 Å². The highest BCUT2D eigenvalue weighted by molar-refractivity contribution is 5.54. The summed E-state index contributed by atoms with van der Waals surface area (Å²) in [5, 5.41) is 0. The SMILES string of the molecule is CONc1ccc(N2CCC(N3CCN(C)CC3)CC2)cc1. The van der Waals surface area contributed by atoms with Crippen molar-refractivity contribution in [2.75, 3.05) is 63.8 Å². The van der Waals surface area contributed by atoms with Crippen LogP contribution in [0.4, 0.5) is 11.4 Å². The number of nitrogens with one attached hydrogen (secondary N) is 1. The molecule has 2 aliphatic heterocycles. The van der Waals surface area contributed by atoms with Gasteiger partial charge in [0, 0.05) is 51.0 Å². The van der Waals surface area contributed by atoms with Crippen LogP contribution in [0.15, 0.2) is 24.3 Å². The Bertz CT molecular complexity index is 448. The Kier molecular flexibility index (Phi) is 5.18. The molecule has 0 spiro atoms. The fourth-order valence-corrected chi connectivity index (χ4v) is 3.53. The van der Waals surface area contributed by atoms with E-state index in [0.29, 0.717) is 0 Å². The van der Waals surface area contributed by atoms with Gasteiger partial charge in [0.05, 0.1) is 12.8 Å². The van der Waals surface area contributed by atoms with Crippen molar-refractivity contribution in [3.05, 3.63) is 24.3 Å². The van der Waals surface area contributed by atoms with Crippen molar-refractivity contribution in [2.45, 2.75) is 18.9 Å². The monoisotopic (exact) mass is 304 g/mol. The molecular formula is C17H28N4O. The number of rotatable bonds is 4. The summed E-state index contributed by atoms with van der Waals surface area (Å²) in [5.74, 6) is 0. The van der Waals surface area contributed by atoms with Crippen LogP contribution in [-0.4, -0.2) is 69.3 Å². The van der Waals surface area contributed by atoms with Gasteiger partial charge in [-0.2, -0.15) is 0 Å². The number of piperidine rings is 1. The first-order valence-corrected chi connectivity index (χ1v) is 8.33. The molecule has 0 aromatic heterocycles. The molecule has 122 valence electrons. The average Bonchev–Trinajstić information content (AvgIpc) is 2.57. The Morgan fingerprint density at radius 2 is 1.59 bits per heavy atom. The van der Waals surface area contributed by atoms with Crippen molar-refractivity contribution in [2.24, 2.45) is 0 Å². The van der Waals surface area contributed by atoms with Crippen LogP contribution >= 0.6 is 0 Å². The lowest BCUT2D eigenvalue weighted by Crippen LogP contribution is -2.52. The second-order valence-corrected chi connectivity index (χ2v) is 6.41. The number of anilines is 2. The second-order valence-electron chi connectivity index (χ2n) is 6.41. The highest BCUT2D eigenvalue weighted by Gasteiger charge is 2.26. The molecule has 0 radical (unpaired) electrons. The number of nitrogens with zero attached hydrogens (tertiary/aromatic N) is 3. The average molecular weight is 304 g/mol. The van der Waals surface area contributed by atoms with Crippen LogP contribution in [0.1, 0.15) is 12.8 Å². The minimum atomic E-state index is 0.777. The Morgan fingerprint density at radius 1 is 0.955 bits per heavy atom. The topological polar surface area (TPSA) is 31.0 Å². The van der Waals surface area contributed by atoms with Gasteiger partial charge in [0.2, 0.25) is 0 Å². The van der Waals surface area contributed by atoms with Gasteiger partial charge in [0.1, 0.15) is 0 Å². The predicted octanol–water partition coefficient (Wildman–Crippen LogP) is 1.88. The van der Waals surface area contributed by atoms with E-state index < -0.39 is 0 Å². The summed E-state index contributed by atoms with van der Waals surface area (Å²) in [7, 11) is 3.86. The lowest BCUT2D eigenvalue weighted by atomic mass is 10.0. The molecule has 1 aromatic carbocycles. The summed E-state index contributed by atoms with van der Waals surface area (Å²) in [6.45, 7) is 7.22. The normalized spacial score (nSPS) is 22.0. The maximum Gasteiger partial charge on any atom is 0.0636 e. The van der Waals surface area contributed by atoms with Crippen LogP contribution < -0.4 is 10.4 Å². The zero-order valence-electron chi connectivity index (χ0n) is 13.8. The number of piperazine rings is 1. The molecule has 5 nitrogen and oxygen atoms in total.